The fraction of sp³-hybridized carbons (Fsp3) is 0.364. The minimum Gasteiger partial charge on any atom is -0.369 e. The normalized spacial score (nSPS) is 13.2. The highest BCUT2D eigenvalue weighted by atomic mass is 79.9. The molecular formula is C11H13BrFN3S. The van der Waals surface area contributed by atoms with Crippen molar-refractivity contribution in [1.29, 1.82) is 0 Å². The number of fused-ring (bicyclic) bond motifs is 1. The van der Waals surface area contributed by atoms with Gasteiger partial charge in [-0.2, -0.15) is 11.8 Å². The van der Waals surface area contributed by atoms with Crippen LogP contribution < -0.4 is 5.73 Å². The molecule has 0 amide bonds. The Bertz CT molecular complexity index is 555. The summed E-state index contributed by atoms with van der Waals surface area (Å²) < 4.78 is 15.8. The van der Waals surface area contributed by atoms with Crippen LogP contribution in [0.4, 0.5) is 10.3 Å². The molecule has 2 rings (SSSR count). The van der Waals surface area contributed by atoms with Gasteiger partial charge in [-0.3, -0.25) is 0 Å². The molecule has 2 aromatic rings. The lowest BCUT2D eigenvalue weighted by Crippen LogP contribution is -2.11. The number of hydrogen-bond donors (Lipinski definition) is 1. The Kier molecular flexibility index (Phi) is 3.63. The maximum Gasteiger partial charge on any atom is 0.201 e. The summed E-state index contributed by atoms with van der Waals surface area (Å²) in [6.07, 6.45) is 2.04. The van der Waals surface area contributed by atoms with Gasteiger partial charge in [0.2, 0.25) is 5.95 Å². The largest absolute Gasteiger partial charge is 0.369 e. The van der Waals surface area contributed by atoms with Crippen molar-refractivity contribution in [2.75, 3.05) is 12.0 Å². The van der Waals surface area contributed by atoms with Crippen molar-refractivity contribution in [3.05, 3.63) is 22.4 Å². The van der Waals surface area contributed by atoms with Crippen LogP contribution in [0.2, 0.25) is 0 Å². The van der Waals surface area contributed by atoms with E-state index >= 15 is 0 Å². The molecular weight excluding hydrogens is 305 g/mol. The summed E-state index contributed by atoms with van der Waals surface area (Å²) in [6, 6.07) is 3.12. The minimum absolute atomic E-state index is 0.296. The monoisotopic (exact) mass is 317 g/mol. The van der Waals surface area contributed by atoms with Crippen LogP contribution in [0, 0.1) is 5.82 Å². The first-order valence-electron chi connectivity index (χ1n) is 5.16. The number of imidazole rings is 1. The number of hydrogen-bond acceptors (Lipinski definition) is 3. The van der Waals surface area contributed by atoms with Crippen molar-refractivity contribution in [2.24, 2.45) is 0 Å². The van der Waals surface area contributed by atoms with Gasteiger partial charge in [0.15, 0.2) is 0 Å². The van der Waals surface area contributed by atoms with Gasteiger partial charge in [-0.25, -0.2) is 9.37 Å². The van der Waals surface area contributed by atoms with Crippen molar-refractivity contribution < 1.29 is 4.39 Å². The SMILES string of the molecule is CSC(C)Cn1c(N)nc2cc(Br)c(F)cc21. The molecule has 1 atom stereocenters. The number of halogens is 2. The lowest BCUT2D eigenvalue weighted by Gasteiger charge is -2.11. The zero-order valence-electron chi connectivity index (χ0n) is 9.58. The van der Waals surface area contributed by atoms with E-state index in [2.05, 4.69) is 27.8 Å². The Morgan fingerprint density at radius 2 is 2.29 bits per heavy atom. The number of nitrogens with zero attached hydrogens (tertiary/aromatic N) is 2. The lowest BCUT2D eigenvalue weighted by molar-refractivity contribution is 0.621. The maximum atomic E-state index is 13.5. The highest BCUT2D eigenvalue weighted by molar-refractivity contribution is 9.10. The Hall–Kier alpha value is -0.750. The molecule has 0 fully saturated rings. The Labute approximate surface area is 112 Å². The molecule has 0 bridgehead atoms. The second kappa shape index (κ2) is 4.86. The van der Waals surface area contributed by atoms with Gasteiger partial charge in [-0.15, -0.1) is 0 Å². The summed E-state index contributed by atoms with van der Waals surface area (Å²) >= 11 is 4.89. The highest BCUT2D eigenvalue weighted by Crippen LogP contribution is 2.26. The van der Waals surface area contributed by atoms with Gasteiger partial charge in [-0.05, 0) is 28.3 Å². The summed E-state index contributed by atoms with van der Waals surface area (Å²) in [5.74, 6) is 0.133. The van der Waals surface area contributed by atoms with Gasteiger partial charge < -0.3 is 10.3 Å². The van der Waals surface area contributed by atoms with Gasteiger partial charge >= 0.3 is 0 Å². The van der Waals surface area contributed by atoms with E-state index in [1.54, 1.807) is 17.8 Å². The molecule has 0 aliphatic heterocycles. The molecule has 1 aromatic carbocycles. The van der Waals surface area contributed by atoms with E-state index in [-0.39, 0.29) is 5.82 Å². The van der Waals surface area contributed by atoms with Gasteiger partial charge in [0.1, 0.15) is 5.82 Å². The van der Waals surface area contributed by atoms with Gasteiger partial charge in [0, 0.05) is 17.9 Å². The van der Waals surface area contributed by atoms with Crippen LogP contribution in [0.15, 0.2) is 16.6 Å². The molecule has 17 heavy (non-hydrogen) atoms. The average Bonchev–Trinajstić information content (AvgIpc) is 2.56. The summed E-state index contributed by atoms with van der Waals surface area (Å²) in [7, 11) is 0. The molecule has 0 aliphatic carbocycles. The Balaban J connectivity index is 2.54. The van der Waals surface area contributed by atoms with Crippen molar-refractivity contribution in [2.45, 2.75) is 18.7 Å². The fourth-order valence-corrected chi connectivity index (χ4v) is 2.29. The second-order valence-corrected chi connectivity index (χ2v) is 6.01. The van der Waals surface area contributed by atoms with Crippen molar-refractivity contribution in [3.8, 4) is 0 Å². The molecule has 0 radical (unpaired) electrons. The summed E-state index contributed by atoms with van der Waals surface area (Å²) in [4.78, 5) is 4.24. The Morgan fingerprint density at radius 1 is 1.59 bits per heavy atom. The Morgan fingerprint density at radius 3 is 2.94 bits per heavy atom. The van der Waals surface area contributed by atoms with E-state index < -0.39 is 0 Å². The van der Waals surface area contributed by atoms with Crippen LogP contribution in [0.5, 0.6) is 0 Å². The van der Waals surface area contributed by atoms with Crippen LogP contribution in [0.3, 0.4) is 0 Å². The predicted octanol–water partition coefficient (Wildman–Crippen LogP) is 3.27. The van der Waals surface area contributed by atoms with Gasteiger partial charge in [0.05, 0.1) is 15.5 Å². The molecule has 92 valence electrons. The second-order valence-electron chi connectivity index (χ2n) is 3.88. The van der Waals surface area contributed by atoms with Crippen LogP contribution in [-0.4, -0.2) is 21.1 Å². The first-order valence-corrected chi connectivity index (χ1v) is 7.24. The topological polar surface area (TPSA) is 43.8 Å². The summed E-state index contributed by atoms with van der Waals surface area (Å²) in [6.45, 7) is 2.83. The van der Waals surface area contributed by atoms with Crippen LogP contribution in [0.1, 0.15) is 6.92 Å². The molecule has 3 nitrogen and oxygen atoms in total. The molecule has 6 heteroatoms. The molecule has 1 aromatic heterocycles. The zero-order valence-corrected chi connectivity index (χ0v) is 12.0. The number of anilines is 1. The minimum atomic E-state index is -0.296. The van der Waals surface area contributed by atoms with E-state index in [9.17, 15) is 4.39 Å². The summed E-state index contributed by atoms with van der Waals surface area (Å²) in [5.41, 5.74) is 7.31. The molecule has 2 N–H and O–H groups in total. The number of nitrogens with two attached hydrogens (primary N) is 1. The number of nitrogen functional groups attached to an aromatic ring is 1. The quantitative estimate of drug-likeness (QED) is 0.944. The molecule has 0 saturated carbocycles. The number of thioether (sulfide) groups is 1. The van der Waals surface area contributed by atoms with Crippen molar-refractivity contribution >= 4 is 44.7 Å². The third kappa shape index (κ3) is 2.42. The van der Waals surface area contributed by atoms with E-state index in [1.807, 2.05) is 10.8 Å². The number of rotatable bonds is 3. The smallest absolute Gasteiger partial charge is 0.201 e. The number of aromatic nitrogens is 2. The van der Waals surface area contributed by atoms with Crippen molar-refractivity contribution in [3.63, 3.8) is 0 Å². The molecule has 0 spiro atoms. The highest BCUT2D eigenvalue weighted by Gasteiger charge is 2.13. The number of benzene rings is 1. The molecule has 1 unspecified atom stereocenters. The van der Waals surface area contributed by atoms with Gasteiger partial charge in [0.25, 0.3) is 0 Å². The van der Waals surface area contributed by atoms with E-state index in [4.69, 9.17) is 5.73 Å². The van der Waals surface area contributed by atoms with E-state index in [0.29, 0.717) is 21.2 Å². The summed E-state index contributed by atoms with van der Waals surface area (Å²) in [5, 5.41) is 0.404. The molecule has 0 aliphatic rings. The molecule has 0 saturated heterocycles. The predicted molar refractivity (Wildman–Crippen MR) is 74.8 cm³/mol. The zero-order chi connectivity index (χ0) is 12.6. The van der Waals surface area contributed by atoms with Crippen molar-refractivity contribution in [1.82, 2.24) is 9.55 Å². The first-order chi connectivity index (χ1) is 8.02. The average molecular weight is 318 g/mol. The maximum absolute atomic E-state index is 13.5. The van der Waals surface area contributed by atoms with Crippen LogP contribution >= 0.6 is 27.7 Å². The van der Waals surface area contributed by atoms with Crippen LogP contribution in [0.25, 0.3) is 11.0 Å². The van der Waals surface area contributed by atoms with Gasteiger partial charge in [-0.1, -0.05) is 6.92 Å². The molecule has 1 heterocycles. The first kappa shape index (κ1) is 12.7. The van der Waals surface area contributed by atoms with Crippen LogP contribution in [-0.2, 0) is 6.54 Å². The standard InChI is InChI=1S/C11H13BrFN3S/c1-6(17-2)5-16-10-4-8(13)7(12)3-9(10)15-11(16)14/h3-4,6H,5H2,1-2H3,(H2,14,15). The third-order valence-electron chi connectivity index (χ3n) is 2.66. The third-order valence-corrected chi connectivity index (χ3v) is 4.22. The lowest BCUT2D eigenvalue weighted by atomic mass is 10.3. The fourth-order valence-electron chi connectivity index (χ4n) is 1.66. The van der Waals surface area contributed by atoms with E-state index in [0.717, 1.165) is 12.1 Å². The van der Waals surface area contributed by atoms with E-state index in [1.165, 1.54) is 6.07 Å².